The van der Waals surface area contributed by atoms with Gasteiger partial charge in [0, 0.05) is 20.4 Å². The molecule has 0 spiro atoms. The number of hydrogen-bond donors (Lipinski definition) is 0. The van der Waals surface area contributed by atoms with Gasteiger partial charge in [-0.3, -0.25) is 0 Å². The highest BCUT2D eigenvalue weighted by molar-refractivity contribution is 9.09. The predicted octanol–water partition coefficient (Wildman–Crippen LogP) is 6.83. The van der Waals surface area contributed by atoms with Crippen molar-refractivity contribution in [3.8, 4) is 0 Å². The number of alkyl halides is 1. The Kier molecular flexibility index (Phi) is 4.54. The first kappa shape index (κ1) is 14.9. The molecule has 1 atom stereocenters. The first-order chi connectivity index (χ1) is 10.2. The molecule has 3 aromatic carbocycles. The van der Waals surface area contributed by atoms with Crippen LogP contribution < -0.4 is 0 Å². The molecule has 0 heterocycles. The van der Waals surface area contributed by atoms with Crippen LogP contribution in [-0.4, -0.2) is 0 Å². The lowest BCUT2D eigenvalue weighted by Gasteiger charge is -2.15. The van der Waals surface area contributed by atoms with Gasteiger partial charge < -0.3 is 0 Å². The largest absolute Gasteiger partial charge is 0.0839 e. The minimum Gasteiger partial charge on any atom is -0.0839 e. The van der Waals surface area contributed by atoms with Crippen molar-refractivity contribution in [3.05, 3.63) is 81.8 Å². The zero-order valence-electron chi connectivity index (χ0n) is 11.2. The fraction of sp³-hybridized carbons (Fsp3) is 0.111. The van der Waals surface area contributed by atoms with Crippen molar-refractivity contribution < 1.29 is 0 Å². The van der Waals surface area contributed by atoms with Gasteiger partial charge in [-0.1, -0.05) is 87.7 Å². The molecule has 0 amide bonds. The average molecular weight is 380 g/mol. The van der Waals surface area contributed by atoms with E-state index in [0.717, 1.165) is 12.0 Å². The fourth-order valence-corrected chi connectivity index (χ4v) is 4.34. The maximum absolute atomic E-state index is 6.29. The molecule has 0 saturated heterocycles. The van der Waals surface area contributed by atoms with Gasteiger partial charge in [0.1, 0.15) is 0 Å². The lowest BCUT2D eigenvalue weighted by molar-refractivity contribution is 0.958. The Morgan fingerprint density at radius 2 is 1.43 bits per heavy atom. The van der Waals surface area contributed by atoms with E-state index in [-0.39, 0.29) is 4.83 Å². The molecule has 0 saturated carbocycles. The SMILES string of the molecule is Clc1cccc(Cl)c1C(Br)Cc1cccc2ccccc12. The standard InChI is InChI=1S/C18H13BrCl2/c19-15(18-16(20)9-4-10-17(18)21)11-13-7-3-6-12-5-1-2-8-14(12)13/h1-10,15H,11H2. The van der Waals surface area contributed by atoms with Gasteiger partial charge in [-0.05, 0) is 34.9 Å². The first-order valence-corrected chi connectivity index (χ1v) is 8.38. The molecule has 0 bridgehead atoms. The fourth-order valence-electron chi connectivity index (χ4n) is 2.58. The van der Waals surface area contributed by atoms with Crippen molar-refractivity contribution in [3.63, 3.8) is 0 Å². The van der Waals surface area contributed by atoms with Crippen LogP contribution in [0.2, 0.25) is 10.0 Å². The predicted molar refractivity (Wildman–Crippen MR) is 95.8 cm³/mol. The highest BCUT2D eigenvalue weighted by atomic mass is 79.9. The monoisotopic (exact) mass is 378 g/mol. The summed E-state index contributed by atoms with van der Waals surface area (Å²) in [4.78, 5) is 0.0875. The third-order valence-corrected chi connectivity index (χ3v) is 5.03. The molecule has 0 aliphatic carbocycles. The van der Waals surface area contributed by atoms with Crippen LogP contribution in [0.3, 0.4) is 0 Å². The lowest BCUT2D eigenvalue weighted by atomic mass is 9.98. The van der Waals surface area contributed by atoms with Crippen molar-refractivity contribution in [2.75, 3.05) is 0 Å². The molecule has 0 aromatic heterocycles. The van der Waals surface area contributed by atoms with Crippen molar-refractivity contribution >= 4 is 49.9 Å². The smallest absolute Gasteiger partial charge is 0.0465 e. The van der Waals surface area contributed by atoms with Gasteiger partial charge in [0.05, 0.1) is 0 Å². The van der Waals surface area contributed by atoms with Crippen LogP contribution in [-0.2, 0) is 6.42 Å². The van der Waals surface area contributed by atoms with Gasteiger partial charge >= 0.3 is 0 Å². The summed E-state index contributed by atoms with van der Waals surface area (Å²) < 4.78 is 0. The zero-order valence-corrected chi connectivity index (χ0v) is 14.3. The summed E-state index contributed by atoms with van der Waals surface area (Å²) >= 11 is 16.3. The van der Waals surface area contributed by atoms with Crippen LogP contribution in [0.4, 0.5) is 0 Å². The van der Waals surface area contributed by atoms with Gasteiger partial charge in [0.2, 0.25) is 0 Å². The maximum Gasteiger partial charge on any atom is 0.0465 e. The van der Waals surface area contributed by atoms with Crippen LogP contribution in [0.25, 0.3) is 10.8 Å². The van der Waals surface area contributed by atoms with E-state index < -0.39 is 0 Å². The molecule has 3 aromatic rings. The second-order valence-electron chi connectivity index (χ2n) is 4.95. The number of hydrogen-bond acceptors (Lipinski definition) is 0. The van der Waals surface area contributed by atoms with Crippen molar-refractivity contribution in [1.82, 2.24) is 0 Å². The van der Waals surface area contributed by atoms with Gasteiger partial charge in [-0.2, -0.15) is 0 Å². The molecule has 3 rings (SSSR count). The molecule has 3 heteroatoms. The third kappa shape index (κ3) is 3.11. The van der Waals surface area contributed by atoms with E-state index in [0.29, 0.717) is 10.0 Å². The Bertz CT molecular complexity index is 758. The van der Waals surface area contributed by atoms with E-state index in [1.165, 1.54) is 16.3 Å². The van der Waals surface area contributed by atoms with Crippen molar-refractivity contribution in [2.24, 2.45) is 0 Å². The van der Waals surface area contributed by atoms with E-state index in [1.807, 2.05) is 18.2 Å². The molecular weight excluding hydrogens is 367 g/mol. The van der Waals surface area contributed by atoms with Crippen LogP contribution in [0.5, 0.6) is 0 Å². The normalized spacial score (nSPS) is 12.5. The van der Waals surface area contributed by atoms with Gasteiger partial charge in [0.25, 0.3) is 0 Å². The summed E-state index contributed by atoms with van der Waals surface area (Å²) in [6.07, 6.45) is 0.838. The molecule has 0 aliphatic heterocycles. The van der Waals surface area contributed by atoms with Crippen molar-refractivity contribution in [2.45, 2.75) is 11.2 Å². The molecule has 0 nitrogen and oxygen atoms in total. The topological polar surface area (TPSA) is 0 Å². The number of fused-ring (bicyclic) bond motifs is 1. The quantitative estimate of drug-likeness (QED) is 0.437. The summed E-state index contributed by atoms with van der Waals surface area (Å²) in [5.74, 6) is 0. The second kappa shape index (κ2) is 6.39. The number of benzene rings is 3. The Labute approximate surface area is 142 Å². The van der Waals surface area contributed by atoms with Crippen LogP contribution in [0, 0.1) is 0 Å². The van der Waals surface area contributed by atoms with E-state index in [2.05, 4.69) is 58.4 Å². The molecular formula is C18H13BrCl2. The third-order valence-electron chi connectivity index (χ3n) is 3.59. The molecule has 21 heavy (non-hydrogen) atoms. The van der Waals surface area contributed by atoms with Gasteiger partial charge in [-0.15, -0.1) is 0 Å². The van der Waals surface area contributed by atoms with E-state index >= 15 is 0 Å². The summed E-state index contributed by atoms with van der Waals surface area (Å²) in [6.45, 7) is 0. The minimum absolute atomic E-state index is 0.0875. The average Bonchev–Trinajstić information content (AvgIpc) is 2.47. The Morgan fingerprint density at radius 1 is 0.810 bits per heavy atom. The van der Waals surface area contributed by atoms with E-state index in [4.69, 9.17) is 23.2 Å². The van der Waals surface area contributed by atoms with Crippen molar-refractivity contribution in [1.29, 1.82) is 0 Å². The molecule has 0 radical (unpaired) electrons. The zero-order chi connectivity index (χ0) is 14.8. The van der Waals surface area contributed by atoms with E-state index in [9.17, 15) is 0 Å². The number of rotatable bonds is 3. The Hall–Kier alpha value is -1.02. The highest BCUT2D eigenvalue weighted by Gasteiger charge is 2.16. The highest BCUT2D eigenvalue weighted by Crippen LogP contribution is 2.38. The molecule has 0 N–H and O–H groups in total. The summed E-state index contributed by atoms with van der Waals surface area (Å²) in [6, 6.07) is 20.4. The maximum atomic E-state index is 6.29. The first-order valence-electron chi connectivity index (χ1n) is 6.71. The van der Waals surface area contributed by atoms with Gasteiger partial charge in [0.15, 0.2) is 0 Å². The van der Waals surface area contributed by atoms with Crippen LogP contribution >= 0.6 is 39.1 Å². The summed E-state index contributed by atoms with van der Waals surface area (Å²) in [5.41, 5.74) is 2.24. The van der Waals surface area contributed by atoms with Crippen LogP contribution in [0.15, 0.2) is 60.7 Å². The summed E-state index contributed by atoms with van der Waals surface area (Å²) in [7, 11) is 0. The Balaban J connectivity index is 1.99. The molecule has 0 aliphatic rings. The van der Waals surface area contributed by atoms with Crippen LogP contribution in [0.1, 0.15) is 16.0 Å². The minimum atomic E-state index is 0.0875. The van der Waals surface area contributed by atoms with E-state index in [1.54, 1.807) is 0 Å². The Morgan fingerprint density at radius 3 is 2.19 bits per heavy atom. The molecule has 106 valence electrons. The summed E-state index contributed by atoms with van der Waals surface area (Å²) in [5, 5.41) is 3.92. The lowest BCUT2D eigenvalue weighted by Crippen LogP contribution is -1.98. The number of halogens is 3. The molecule has 1 unspecified atom stereocenters. The van der Waals surface area contributed by atoms with Gasteiger partial charge in [-0.25, -0.2) is 0 Å². The molecule has 0 fully saturated rings. The second-order valence-corrected chi connectivity index (χ2v) is 6.86.